The molecule has 0 saturated carbocycles. The summed E-state index contributed by atoms with van der Waals surface area (Å²) < 4.78 is 18.0. The summed E-state index contributed by atoms with van der Waals surface area (Å²) in [7, 11) is 3.15. The Morgan fingerprint density at radius 3 is 2.45 bits per heavy atom. The van der Waals surface area contributed by atoms with Crippen molar-refractivity contribution in [2.24, 2.45) is 0 Å². The normalized spacial score (nSPS) is 11.7. The summed E-state index contributed by atoms with van der Waals surface area (Å²) in [4.78, 5) is 13.0. The molecule has 1 amide bonds. The summed E-state index contributed by atoms with van der Waals surface area (Å²) >= 11 is 0. The zero-order valence-electron chi connectivity index (χ0n) is 17.0. The molecule has 0 aliphatic carbocycles. The number of amides is 1. The van der Waals surface area contributed by atoms with E-state index in [4.69, 9.17) is 14.2 Å². The van der Waals surface area contributed by atoms with Crippen LogP contribution in [0.4, 0.5) is 5.82 Å². The second kappa shape index (κ2) is 9.25. The molecule has 7 nitrogen and oxygen atoms in total. The molecule has 3 rings (SSSR count). The highest BCUT2D eigenvalue weighted by Gasteiger charge is 2.22. The number of ether oxygens (including phenoxy) is 3. The van der Waals surface area contributed by atoms with Crippen LogP contribution in [0.25, 0.3) is 5.69 Å². The van der Waals surface area contributed by atoms with Gasteiger partial charge in [0.15, 0.2) is 17.6 Å². The third kappa shape index (κ3) is 4.57. The fourth-order valence-electron chi connectivity index (χ4n) is 2.98. The standard InChI is InChI=1S/C22H25N3O4/c1-5-29-21(16-8-6-15(2)7-9-16)22(26)24-20-12-13-23-25(20)17-10-11-18(27-3)19(14-17)28-4/h6-14,21H,5H2,1-4H3,(H,24,26). The Bertz CT molecular complexity index is 966. The van der Waals surface area contributed by atoms with E-state index in [1.54, 1.807) is 43.3 Å². The van der Waals surface area contributed by atoms with Crippen LogP contribution in [-0.4, -0.2) is 36.5 Å². The molecular formula is C22H25N3O4. The third-order valence-electron chi connectivity index (χ3n) is 4.46. The molecule has 0 spiro atoms. The number of carbonyl (C=O) groups is 1. The highest BCUT2D eigenvalue weighted by Crippen LogP contribution is 2.30. The smallest absolute Gasteiger partial charge is 0.259 e. The Kier molecular flexibility index (Phi) is 6.51. The van der Waals surface area contributed by atoms with Crippen molar-refractivity contribution in [1.82, 2.24) is 9.78 Å². The first kappa shape index (κ1) is 20.4. The molecule has 0 saturated heterocycles. The van der Waals surface area contributed by atoms with E-state index >= 15 is 0 Å². The van der Waals surface area contributed by atoms with Gasteiger partial charge in [-0.2, -0.15) is 5.10 Å². The van der Waals surface area contributed by atoms with E-state index in [0.29, 0.717) is 23.9 Å². The van der Waals surface area contributed by atoms with Crippen LogP contribution in [0.3, 0.4) is 0 Å². The molecule has 7 heteroatoms. The lowest BCUT2D eigenvalue weighted by Gasteiger charge is -2.18. The number of rotatable bonds is 8. The highest BCUT2D eigenvalue weighted by molar-refractivity contribution is 5.94. The highest BCUT2D eigenvalue weighted by atomic mass is 16.5. The van der Waals surface area contributed by atoms with E-state index < -0.39 is 6.10 Å². The van der Waals surface area contributed by atoms with Gasteiger partial charge in [0, 0.05) is 18.7 Å². The van der Waals surface area contributed by atoms with Gasteiger partial charge in [-0.05, 0) is 31.5 Å². The molecule has 1 heterocycles. The summed E-state index contributed by atoms with van der Waals surface area (Å²) in [5.74, 6) is 1.45. The molecule has 2 aromatic carbocycles. The molecule has 3 aromatic rings. The minimum absolute atomic E-state index is 0.266. The molecule has 1 aromatic heterocycles. The molecule has 1 N–H and O–H groups in total. The van der Waals surface area contributed by atoms with Gasteiger partial charge >= 0.3 is 0 Å². The number of methoxy groups -OCH3 is 2. The van der Waals surface area contributed by atoms with Crippen LogP contribution in [0.15, 0.2) is 54.7 Å². The van der Waals surface area contributed by atoms with E-state index in [0.717, 1.165) is 16.8 Å². The van der Waals surface area contributed by atoms with Gasteiger partial charge in [-0.3, -0.25) is 4.79 Å². The number of hydrogen-bond donors (Lipinski definition) is 1. The molecular weight excluding hydrogens is 370 g/mol. The number of anilines is 1. The first-order chi connectivity index (χ1) is 14.1. The Morgan fingerprint density at radius 2 is 1.79 bits per heavy atom. The van der Waals surface area contributed by atoms with E-state index in [1.165, 1.54) is 0 Å². The molecule has 0 bridgehead atoms. The molecule has 0 aliphatic rings. The molecule has 152 valence electrons. The Labute approximate surface area is 170 Å². The van der Waals surface area contributed by atoms with Gasteiger partial charge in [-0.25, -0.2) is 4.68 Å². The molecule has 1 unspecified atom stereocenters. The maximum absolute atomic E-state index is 13.0. The fraction of sp³-hybridized carbons (Fsp3) is 0.273. The van der Waals surface area contributed by atoms with Gasteiger partial charge < -0.3 is 19.5 Å². The number of nitrogens with one attached hydrogen (secondary N) is 1. The Balaban J connectivity index is 1.86. The van der Waals surface area contributed by atoms with E-state index in [9.17, 15) is 4.79 Å². The van der Waals surface area contributed by atoms with Gasteiger partial charge in [0.2, 0.25) is 0 Å². The van der Waals surface area contributed by atoms with Gasteiger partial charge in [0.05, 0.1) is 26.1 Å². The lowest BCUT2D eigenvalue weighted by atomic mass is 10.1. The van der Waals surface area contributed by atoms with Crippen LogP contribution in [0.2, 0.25) is 0 Å². The molecule has 29 heavy (non-hydrogen) atoms. The van der Waals surface area contributed by atoms with Crippen molar-refractivity contribution < 1.29 is 19.0 Å². The van der Waals surface area contributed by atoms with Crippen molar-refractivity contribution in [3.05, 3.63) is 65.9 Å². The number of benzene rings is 2. The Hall–Kier alpha value is -3.32. The van der Waals surface area contributed by atoms with Crippen LogP contribution < -0.4 is 14.8 Å². The van der Waals surface area contributed by atoms with Gasteiger partial charge in [-0.15, -0.1) is 0 Å². The number of aromatic nitrogens is 2. The van der Waals surface area contributed by atoms with Crippen molar-refractivity contribution in [2.75, 3.05) is 26.1 Å². The zero-order valence-corrected chi connectivity index (χ0v) is 17.0. The first-order valence-corrected chi connectivity index (χ1v) is 9.32. The van der Waals surface area contributed by atoms with Crippen molar-refractivity contribution in [3.8, 4) is 17.2 Å². The molecule has 1 atom stereocenters. The van der Waals surface area contributed by atoms with Crippen LogP contribution in [0, 0.1) is 6.92 Å². The van der Waals surface area contributed by atoms with Gasteiger partial charge in [0.1, 0.15) is 5.82 Å². The average Bonchev–Trinajstić information content (AvgIpc) is 3.20. The predicted molar refractivity (Wildman–Crippen MR) is 111 cm³/mol. The second-order valence-corrected chi connectivity index (χ2v) is 6.40. The lowest BCUT2D eigenvalue weighted by Crippen LogP contribution is -2.25. The molecule has 0 fully saturated rings. The van der Waals surface area contributed by atoms with E-state index in [-0.39, 0.29) is 5.91 Å². The number of nitrogens with zero attached hydrogens (tertiary/aromatic N) is 2. The van der Waals surface area contributed by atoms with Crippen LogP contribution in [0.5, 0.6) is 11.5 Å². The van der Waals surface area contributed by atoms with Crippen molar-refractivity contribution in [1.29, 1.82) is 0 Å². The van der Waals surface area contributed by atoms with Crippen molar-refractivity contribution in [3.63, 3.8) is 0 Å². The van der Waals surface area contributed by atoms with Crippen LogP contribution in [-0.2, 0) is 9.53 Å². The Morgan fingerprint density at radius 1 is 1.07 bits per heavy atom. The van der Waals surface area contributed by atoms with Crippen LogP contribution >= 0.6 is 0 Å². The second-order valence-electron chi connectivity index (χ2n) is 6.40. The zero-order chi connectivity index (χ0) is 20.8. The third-order valence-corrected chi connectivity index (χ3v) is 4.46. The topological polar surface area (TPSA) is 74.6 Å². The lowest BCUT2D eigenvalue weighted by molar-refractivity contribution is -0.127. The number of carbonyl (C=O) groups excluding carboxylic acids is 1. The maximum Gasteiger partial charge on any atom is 0.259 e. The van der Waals surface area contributed by atoms with E-state index in [1.807, 2.05) is 44.2 Å². The summed E-state index contributed by atoms with van der Waals surface area (Å²) in [5.41, 5.74) is 2.65. The fourth-order valence-corrected chi connectivity index (χ4v) is 2.98. The molecule has 0 aliphatic heterocycles. The summed E-state index contributed by atoms with van der Waals surface area (Å²) in [6.07, 6.45) is 0.905. The predicted octanol–water partition coefficient (Wildman–Crippen LogP) is 3.91. The minimum atomic E-state index is -0.714. The average molecular weight is 395 g/mol. The first-order valence-electron chi connectivity index (χ1n) is 9.32. The van der Waals surface area contributed by atoms with E-state index in [2.05, 4.69) is 10.4 Å². The summed E-state index contributed by atoms with van der Waals surface area (Å²) in [6, 6.07) is 14.9. The van der Waals surface area contributed by atoms with Crippen LogP contribution in [0.1, 0.15) is 24.2 Å². The number of aryl methyl sites for hydroxylation is 1. The monoisotopic (exact) mass is 395 g/mol. The largest absolute Gasteiger partial charge is 0.493 e. The number of hydrogen-bond acceptors (Lipinski definition) is 5. The molecule has 0 radical (unpaired) electrons. The van der Waals surface area contributed by atoms with Gasteiger partial charge in [-0.1, -0.05) is 29.8 Å². The minimum Gasteiger partial charge on any atom is -0.493 e. The quantitative estimate of drug-likeness (QED) is 0.626. The van der Waals surface area contributed by atoms with Crippen molar-refractivity contribution >= 4 is 11.7 Å². The summed E-state index contributed by atoms with van der Waals surface area (Å²) in [6.45, 7) is 4.28. The maximum atomic E-state index is 13.0. The summed E-state index contributed by atoms with van der Waals surface area (Å²) in [5, 5.41) is 7.24. The van der Waals surface area contributed by atoms with Crippen molar-refractivity contribution in [2.45, 2.75) is 20.0 Å². The van der Waals surface area contributed by atoms with Gasteiger partial charge in [0.25, 0.3) is 5.91 Å². The SMILES string of the molecule is CCOC(C(=O)Nc1ccnn1-c1ccc(OC)c(OC)c1)c1ccc(C)cc1.